The highest BCUT2D eigenvalue weighted by Crippen LogP contribution is 2.16. The van der Waals surface area contributed by atoms with E-state index in [-0.39, 0.29) is 0 Å². The summed E-state index contributed by atoms with van der Waals surface area (Å²) in [6.07, 6.45) is 18.6. The van der Waals surface area contributed by atoms with Crippen LogP contribution in [0.4, 0.5) is 0 Å². The van der Waals surface area contributed by atoms with E-state index in [1.807, 2.05) is 0 Å². The van der Waals surface area contributed by atoms with Crippen LogP contribution in [0.3, 0.4) is 0 Å². The predicted molar refractivity (Wildman–Crippen MR) is 97.7 cm³/mol. The van der Waals surface area contributed by atoms with Gasteiger partial charge in [0.05, 0.1) is 0 Å². The van der Waals surface area contributed by atoms with Crippen molar-refractivity contribution in [3.63, 3.8) is 0 Å². The second kappa shape index (κ2) is 14.9. The molecular formula is C20H43N. The number of unbranched alkanes of at least 4 members (excludes halogenated alkanes) is 10. The molecule has 0 aliphatic rings. The van der Waals surface area contributed by atoms with Crippen molar-refractivity contribution in [2.24, 2.45) is 17.6 Å². The van der Waals surface area contributed by atoms with Gasteiger partial charge >= 0.3 is 0 Å². The first-order chi connectivity index (χ1) is 10.0. The van der Waals surface area contributed by atoms with Gasteiger partial charge in [-0.1, -0.05) is 97.8 Å². The second-order valence-electron chi connectivity index (χ2n) is 7.70. The maximum atomic E-state index is 5.89. The molecule has 128 valence electrons. The van der Waals surface area contributed by atoms with Crippen LogP contribution in [0.2, 0.25) is 0 Å². The van der Waals surface area contributed by atoms with Crippen LogP contribution in [0, 0.1) is 11.8 Å². The van der Waals surface area contributed by atoms with E-state index < -0.39 is 0 Å². The lowest BCUT2D eigenvalue weighted by atomic mass is 9.96. The molecule has 0 aromatic heterocycles. The monoisotopic (exact) mass is 297 g/mol. The van der Waals surface area contributed by atoms with Crippen molar-refractivity contribution >= 4 is 0 Å². The number of rotatable bonds is 15. The zero-order valence-electron chi connectivity index (χ0n) is 15.5. The smallest absolute Gasteiger partial charge is 0.00361 e. The Morgan fingerprint density at radius 3 is 1.19 bits per heavy atom. The van der Waals surface area contributed by atoms with Gasteiger partial charge in [-0.3, -0.25) is 0 Å². The van der Waals surface area contributed by atoms with E-state index in [0.717, 1.165) is 5.92 Å². The Bertz CT molecular complexity index is 198. The van der Waals surface area contributed by atoms with Gasteiger partial charge in [0.25, 0.3) is 0 Å². The van der Waals surface area contributed by atoms with Crippen molar-refractivity contribution in [2.75, 3.05) is 0 Å². The molecule has 0 saturated heterocycles. The Labute approximate surface area is 135 Å². The third-order valence-corrected chi connectivity index (χ3v) is 4.84. The average Bonchev–Trinajstić information content (AvgIpc) is 2.43. The summed E-state index contributed by atoms with van der Waals surface area (Å²) in [6.45, 7) is 9.08. The van der Waals surface area contributed by atoms with Crippen molar-refractivity contribution in [2.45, 2.75) is 117 Å². The zero-order chi connectivity index (χ0) is 15.9. The summed E-state index contributed by atoms with van der Waals surface area (Å²) in [5, 5.41) is 0. The Kier molecular flexibility index (Phi) is 14.9. The maximum Gasteiger partial charge on any atom is 0.00361 e. The fourth-order valence-electron chi connectivity index (χ4n) is 2.87. The molecule has 0 bridgehead atoms. The van der Waals surface area contributed by atoms with Crippen molar-refractivity contribution in [3.05, 3.63) is 0 Å². The Morgan fingerprint density at radius 1 is 0.524 bits per heavy atom. The summed E-state index contributed by atoms with van der Waals surface area (Å²) in [7, 11) is 0. The lowest BCUT2D eigenvalue weighted by molar-refractivity contribution is 0.423. The van der Waals surface area contributed by atoms with Gasteiger partial charge in [0.2, 0.25) is 0 Å². The highest BCUT2D eigenvalue weighted by Gasteiger charge is 2.06. The van der Waals surface area contributed by atoms with Gasteiger partial charge in [0, 0.05) is 6.04 Å². The summed E-state index contributed by atoms with van der Waals surface area (Å²) in [5.41, 5.74) is 5.89. The molecule has 0 aromatic rings. The zero-order valence-corrected chi connectivity index (χ0v) is 15.5. The fraction of sp³-hybridized carbons (Fsp3) is 1.00. The molecule has 0 aliphatic heterocycles. The molecule has 1 nitrogen and oxygen atoms in total. The highest BCUT2D eigenvalue weighted by atomic mass is 14.6. The number of nitrogens with two attached hydrogens (primary N) is 1. The molecule has 1 heteroatoms. The normalized spacial score (nSPS) is 14.6. The first-order valence-electron chi connectivity index (χ1n) is 9.79. The Hall–Kier alpha value is -0.0400. The van der Waals surface area contributed by atoms with Crippen molar-refractivity contribution in [1.29, 1.82) is 0 Å². The third kappa shape index (κ3) is 16.2. The molecule has 0 fully saturated rings. The van der Waals surface area contributed by atoms with E-state index in [0.29, 0.717) is 12.0 Å². The summed E-state index contributed by atoms with van der Waals surface area (Å²) < 4.78 is 0. The molecule has 0 heterocycles. The topological polar surface area (TPSA) is 26.0 Å². The van der Waals surface area contributed by atoms with Gasteiger partial charge < -0.3 is 5.73 Å². The van der Waals surface area contributed by atoms with Crippen LogP contribution in [0.25, 0.3) is 0 Å². The molecule has 2 atom stereocenters. The van der Waals surface area contributed by atoms with E-state index in [4.69, 9.17) is 5.73 Å². The van der Waals surface area contributed by atoms with Gasteiger partial charge in [0.1, 0.15) is 0 Å². The maximum absolute atomic E-state index is 5.89. The SMILES string of the molecule is CC(C)CCCCCCCCCCCCCC(C)C(C)N. The molecule has 0 aliphatic carbocycles. The molecule has 0 radical (unpaired) electrons. The largest absolute Gasteiger partial charge is 0.328 e. The summed E-state index contributed by atoms with van der Waals surface area (Å²) in [4.78, 5) is 0. The molecule has 0 aromatic carbocycles. The van der Waals surface area contributed by atoms with E-state index in [1.165, 1.54) is 83.5 Å². The molecular weight excluding hydrogens is 254 g/mol. The minimum atomic E-state index is 0.366. The second-order valence-corrected chi connectivity index (χ2v) is 7.70. The fourth-order valence-corrected chi connectivity index (χ4v) is 2.87. The van der Waals surface area contributed by atoms with Gasteiger partial charge in [-0.05, 0) is 25.2 Å². The minimum absolute atomic E-state index is 0.366. The first kappa shape index (κ1) is 21.0. The quantitative estimate of drug-likeness (QED) is 0.334. The third-order valence-electron chi connectivity index (χ3n) is 4.84. The van der Waals surface area contributed by atoms with E-state index in [1.54, 1.807) is 0 Å². The Morgan fingerprint density at radius 2 is 0.857 bits per heavy atom. The van der Waals surface area contributed by atoms with Gasteiger partial charge in [0.15, 0.2) is 0 Å². The van der Waals surface area contributed by atoms with Gasteiger partial charge in [-0.2, -0.15) is 0 Å². The van der Waals surface area contributed by atoms with Gasteiger partial charge in [-0.25, -0.2) is 0 Å². The lowest BCUT2D eigenvalue weighted by Gasteiger charge is -2.14. The molecule has 2 unspecified atom stereocenters. The number of hydrogen-bond donors (Lipinski definition) is 1. The lowest BCUT2D eigenvalue weighted by Crippen LogP contribution is -2.23. The molecule has 2 N–H and O–H groups in total. The van der Waals surface area contributed by atoms with Crippen molar-refractivity contribution in [1.82, 2.24) is 0 Å². The first-order valence-corrected chi connectivity index (χ1v) is 9.79. The van der Waals surface area contributed by atoms with Gasteiger partial charge in [-0.15, -0.1) is 0 Å². The Balaban J connectivity index is 3.06. The standard InChI is InChI=1S/C20H43N/c1-18(2)16-14-12-10-8-6-5-7-9-11-13-15-17-19(3)20(4)21/h18-20H,5-17,21H2,1-4H3. The molecule has 0 rings (SSSR count). The van der Waals surface area contributed by atoms with Crippen molar-refractivity contribution < 1.29 is 0 Å². The van der Waals surface area contributed by atoms with Crippen LogP contribution in [-0.4, -0.2) is 6.04 Å². The van der Waals surface area contributed by atoms with E-state index >= 15 is 0 Å². The molecule has 21 heavy (non-hydrogen) atoms. The molecule has 0 amide bonds. The summed E-state index contributed by atoms with van der Waals surface area (Å²) >= 11 is 0. The van der Waals surface area contributed by atoms with Crippen LogP contribution >= 0.6 is 0 Å². The molecule has 0 spiro atoms. The van der Waals surface area contributed by atoms with E-state index in [2.05, 4.69) is 27.7 Å². The van der Waals surface area contributed by atoms with Crippen LogP contribution in [-0.2, 0) is 0 Å². The average molecular weight is 298 g/mol. The van der Waals surface area contributed by atoms with Crippen LogP contribution in [0.1, 0.15) is 111 Å². The predicted octanol–water partition coefficient (Wildman–Crippen LogP) is 6.70. The van der Waals surface area contributed by atoms with E-state index in [9.17, 15) is 0 Å². The number of hydrogen-bond acceptors (Lipinski definition) is 1. The summed E-state index contributed by atoms with van der Waals surface area (Å²) in [6, 6.07) is 0.366. The van der Waals surface area contributed by atoms with Crippen LogP contribution < -0.4 is 5.73 Å². The molecule has 0 saturated carbocycles. The van der Waals surface area contributed by atoms with Crippen molar-refractivity contribution in [3.8, 4) is 0 Å². The summed E-state index contributed by atoms with van der Waals surface area (Å²) in [5.74, 6) is 1.58. The minimum Gasteiger partial charge on any atom is -0.328 e. The highest BCUT2D eigenvalue weighted by molar-refractivity contribution is 4.63. The van der Waals surface area contributed by atoms with Crippen LogP contribution in [0.15, 0.2) is 0 Å². The van der Waals surface area contributed by atoms with Crippen LogP contribution in [0.5, 0.6) is 0 Å².